The Hall–Kier alpha value is 0.0300. The second-order valence-corrected chi connectivity index (χ2v) is 9.58. The van der Waals surface area contributed by atoms with Crippen LogP contribution in [0.1, 0.15) is 41.5 Å². The summed E-state index contributed by atoms with van der Waals surface area (Å²) in [6.07, 6.45) is -1.00. The molecule has 7 heteroatoms. The minimum absolute atomic E-state index is 0.0433. The van der Waals surface area contributed by atoms with Gasteiger partial charge in [-0.3, -0.25) is 9.09 Å². The second kappa shape index (κ2) is 6.50. The van der Waals surface area contributed by atoms with E-state index in [4.69, 9.17) is 18.7 Å². The Morgan fingerprint density at radius 1 is 1.27 bits per heavy atom. The third-order valence-corrected chi connectivity index (χ3v) is 6.10. The lowest BCUT2D eigenvalue weighted by atomic mass is 9.96. The quantitative estimate of drug-likeness (QED) is 0.720. The molecule has 2 saturated heterocycles. The molecule has 0 saturated carbocycles. The average molecular weight is 336 g/mol. The Morgan fingerprint density at radius 2 is 1.91 bits per heavy atom. The number of rotatable bonds is 7. The van der Waals surface area contributed by atoms with Crippen LogP contribution in [-0.2, 0) is 23.3 Å². The predicted octanol–water partition coefficient (Wildman–Crippen LogP) is 2.58. The zero-order valence-electron chi connectivity index (χ0n) is 14.3. The zero-order chi connectivity index (χ0) is 16.7. The molecule has 0 aromatic rings. The third-order valence-electron chi connectivity index (χ3n) is 4.27. The Bertz CT molecular complexity index is 438. The summed E-state index contributed by atoms with van der Waals surface area (Å²) in [5.41, 5.74) is -1.26. The molecule has 2 rings (SSSR count). The van der Waals surface area contributed by atoms with Crippen molar-refractivity contribution in [2.75, 3.05) is 13.2 Å². The van der Waals surface area contributed by atoms with E-state index in [0.29, 0.717) is 13.2 Å². The third kappa shape index (κ3) is 3.42. The van der Waals surface area contributed by atoms with E-state index in [1.54, 1.807) is 13.8 Å². The molecular weight excluding hydrogens is 307 g/mol. The molecule has 0 aromatic heterocycles. The van der Waals surface area contributed by atoms with E-state index in [0.717, 1.165) is 0 Å². The molecule has 0 aromatic carbocycles. The first-order valence-corrected chi connectivity index (χ1v) is 9.65. The summed E-state index contributed by atoms with van der Waals surface area (Å²) < 4.78 is 35.7. The summed E-state index contributed by atoms with van der Waals surface area (Å²) in [7, 11) is -3.71. The predicted molar refractivity (Wildman–Crippen MR) is 83.1 cm³/mol. The van der Waals surface area contributed by atoms with Crippen molar-refractivity contribution in [2.45, 2.75) is 77.2 Å². The van der Waals surface area contributed by atoms with Crippen molar-refractivity contribution >= 4 is 7.60 Å². The van der Waals surface area contributed by atoms with Gasteiger partial charge in [0.25, 0.3) is 0 Å². The molecule has 130 valence electrons. The fourth-order valence-electron chi connectivity index (χ4n) is 2.83. The molecule has 0 spiro atoms. The highest BCUT2D eigenvalue weighted by Gasteiger charge is 2.64. The maximum atomic E-state index is 12.3. The van der Waals surface area contributed by atoms with Crippen molar-refractivity contribution in [1.29, 1.82) is 0 Å². The molecule has 22 heavy (non-hydrogen) atoms. The fraction of sp³-hybridized carbons (Fsp3) is 1.00. The average Bonchev–Trinajstić information content (AvgIpc) is 2.88. The highest BCUT2D eigenvalue weighted by molar-refractivity contribution is 7.53. The van der Waals surface area contributed by atoms with Gasteiger partial charge < -0.3 is 19.1 Å². The van der Waals surface area contributed by atoms with Crippen LogP contribution in [0.3, 0.4) is 0 Å². The number of ether oxygens (including phenoxy) is 3. The molecule has 0 amide bonds. The minimum atomic E-state index is -3.71. The van der Waals surface area contributed by atoms with Gasteiger partial charge in [0.1, 0.15) is 17.8 Å². The normalized spacial score (nSPS) is 37.5. The van der Waals surface area contributed by atoms with E-state index in [2.05, 4.69) is 0 Å². The van der Waals surface area contributed by atoms with Crippen molar-refractivity contribution < 1.29 is 28.2 Å². The first-order valence-electron chi connectivity index (χ1n) is 8.01. The van der Waals surface area contributed by atoms with E-state index >= 15 is 0 Å². The molecule has 0 radical (unpaired) electrons. The Labute approximate surface area is 133 Å². The van der Waals surface area contributed by atoms with E-state index in [1.165, 1.54) is 0 Å². The second-order valence-electron chi connectivity index (χ2n) is 7.21. The monoisotopic (exact) mass is 336 g/mol. The summed E-state index contributed by atoms with van der Waals surface area (Å²) in [6, 6.07) is 0. The molecule has 2 aliphatic heterocycles. The van der Waals surface area contributed by atoms with Gasteiger partial charge in [-0.1, -0.05) is 27.7 Å². The lowest BCUT2D eigenvalue weighted by Gasteiger charge is -2.33. The van der Waals surface area contributed by atoms with E-state index in [9.17, 15) is 9.46 Å². The van der Waals surface area contributed by atoms with Gasteiger partial charge in [-0.15, -0.1) is 0 Å². The summed E-state index contributed by atoms with van der Waals surface area (Å²) in [6.45, 7) is 12.0. The molecule has 6 nitrogen and oxygen atoms in total. The van der Waals surface area contributed by atoms with Gasteiger partial charge in [-0.2, -0.15) is 0 Å². The summed E-state index contributed by atoms with van der Waals surface area (Å²) in [5, 5.41) is 0. The Kier molecular flexibility index (Phi) is 5.43. The van der Waals surface area contributed by atoms with Gasteiger partial charge >= 0.3 is 7.60 Å². The maximum absolute atomic E-state index is 12.3. The smallest absolute Gasteiger partial charge is 0.331 e. The summed E-state index contributed by atoms with van der Waals surface area (Å²) in [5.74, 6) is 0.231. The molecule has 2 aliphatic rings. The standard InChI is InChI=1S/C15H29O6P/c1-9(2)12-13-14(21-22(16,17)11(5)6)15(20-12,8-19-13)7-18-10(3)4/h9-14H,7-8H2,1-6H3,(H,16,17)/t12-,13?,14+,15-/m0/s1. The van der Waals surface area contributed by atoms with Crippen molar-refractivity contribution in [2.24, 2.45) is 5.92 Å². The van der Waals surface area contributed by atoms with Crippen molar-refractivity contribution in [3.63, 3.8) is 0 Å². The topological polar surface area (TPSA) is 74.2 Å². The van der Waals surface area contributed by atoms with Gasteiger partial charge in [-0.25, -0.2) is 0 Å². The summed E-state index contributed by atoms with van der Waals surface area (Å²) in [4.78, 5) is 10.1. The lowest BCUT2D eigenvalue weighted by molar-refractivity contribution is -0.183. The van der Waals surface area contributed by atoms with Crippen LogP contribution in [0.15, 0.2) is 0 Å². The van der Waals surface area contributed by atoms with E-state index < -0.39 is 25.0 Å². The largest absolute Gasteiger partial charge is 0.376 e. The number of hydrogen-bond donors (Lipinski definition) is 1. The van der Waals surface area contributed by atoms with Gasteiger partial charge in [0, 0.05) is 0 Å². The van der Waals surface area contributed by atoms with Gasteiger partial charge in [-0.05, 0) is 19.8 Å². The van der Waals surface area contributed by atoms with Gasteiger partial charge in [0.15, 0.2) is 0 Å². The zero-order valence-corrected chi connectivity index (χ0v) is 15.2. The highest BCUT2D eigenvalue weighted by atomic mass is 31.2. The van der Waals surface area contributed by atoms with Crippen LogP contribution in [-0.4, -0.2) is 53.8 Å². The van der Waals surface area contributed by atoms with Crippen LogP contribution in [0.25, 0.3) is 0 Å². The fourth-order valence-corrected chi connectivity index (χ4v) is 3.71. The van der Waals surface area contributed by atoms with Crippen LogP contribution in [0.4, 0.5) is 0 Å². The van der Waals surface area contributed by atoms with E-state index in [1.807, 2.05) is 27.7 Å². The Morgan fingerprint density at radius 3 is 2.41 bits per heavy atom. The molecule has 0 aliphatic carbocycles. The molecule has 2 heterocycles. The van der Waals surface area contributed by atoms with Crippen LogP contribution < -0.4 is 0 Å². The first-order chi connectivity index (χ1) is 10.1. The van der Waals surface area contributed by atoms with Crippen LogP contribution >= 0.6 is 7.60 Å². The molecule has 1 N–H and O–H groups in total. The highest BCUT2D eigenvalue weighted by Crippen LogP contribution is 2.55. The number of fused-ring (bicyclic) bond motifs is 2. The SMILES string of the molecule is CC(C)OC[C@@]12COC([C@H](C(C)C)O1)[C@H]2OP(=O)(O)C(C)C. The van der Waals surface area contributed by atoms with Crippen molar-refractivity contribution in [1.82, 2.24) is 0 Å². The van der Waals surface area contributed by atoms with Crippen LogP contribution in [0.5, 0.6) is 0 Å². The van der Waals surface area contributed by atoms with E-state index in [-0.39, 0.29) is 24.2 Å². The lowest BCUT2D eigenvalue weighted by Crippen LogP contribution is -2.47. The van der Waals surface area contributed by atoms with Crippen molar-refractivity contribution in [3.8, 4) is 0 Å². The molecule has 2 bridgehead atoms. The molecule has 2 fully saturated rings. The maximum Gasteiger partial charge on any atom is 0.331 e. The summed E-state index contributed by atoms with van der Waals surface area (Å²) >= 11 is 0. The minimum Gasteiger partial charge on any atom is -0.376 e. The van der Waals surface area contributed by atoms with Gasteiger partial charge in [0.05, 0.1) is 31.1 Å². The van der Waals surface area contributed by atoms with Crippen LogP contribution in [0, 0.1) is 5.92 Å². The van der Waals surface area contributed by atoms with Crippen LogP contribution in [0.2, 0.25) is 0 Å². The molecular formula is C15H29O6P. The molecule has 5 atom stereocenters. The molecule has 2 unspecified atom stereocenters. The van der Waals surface area contributed by atoms with Gasteiger partial charge in [0.2, 0.25) is 0 Å². The van der Waals surface area contributed by atoms with Crippen molar-refractivity contribution in [3.05, 3.63) is 0 Å². The first kappa shape index (κ1) is 18.4. The number of hydrogen-bond acceptors (Lipinski definition) is 5. The Balaban J connectivity index is 2.22.